The van der Waals surface area contributed by atoms with Crippen molar-refractivity contribution in [1.29, 1.82) is 0 Å². The molecule has 4 aromatic rings. The van der Waals surface area contributed by atoms with Crippen LogP contribution in [0.4, 0.5) is 17.1 Å². The Labute approximate surface area is 348 Å². The maximum atomic E-state index is 13.8. The van der Waals surface area contributed by atoms with Crippen molar-refractivity contribution in [3.8, 4) is 11.5 Å². The summed E-state index contributed by atoms with van der Waals surface area (Å²) in [5.74, 6) is 2.32. The van der Waals surface area contributed by atoms with E-state index in [0.717, 1.165) is 80.7 Å². The molecule has 3 atom stereocenters. The van der Waals surface area contributed by atoms with Gasteiger partial charge in [0, 0.05) is 91.7 Å². The molecule has 2 saturated heterocycles. The molecule has 4 heterocycles. The molecule has 5 aliphatic rings. The van der Waals surface area contributed by atoms with E-state index < -0.39 is 4.92 Å². The number of hydrogen-bond acceptors (Lipinski definition) is 10. The Kier molecular flexibility index (Phi) is 10.8. The summed E-state index contributed by atoms with van der Waals surface area (Å²) in [5.41, 5.74) is 6.24. The van der Waals surface area contributed by atoms with E-state index in [1.54, 1.807) is 35.5 Å². The van der Waals surface area contributed by atoms with Crippen LogP contribution in [-0.4, -0.2) is 83.1 Å². The number of hydrogen-bond donors (Lipinski definition) is 3. The number of rotatable bonds is 13. The van der Waals surface area contributed by atoms with Crippen molar-refractivity contribution < 1.29 is 19.2 Å². The minimum atomic E-state index is -0.393. The third-order valence-electron chi connectivity index (χ3n) is 13.1. The van der Waals surface area contributed by atoms with Gasteiger partial charge >= 0.3 is 0 Å². The lowest BCUT2D eigenvalue weighted by molar-refractivity contribution is -0.384. The standard InChI is InChI=1S/C44H52ClN7O5S/c1-43(2)11-7-30(35(22-43)36-23-44(45)24-37(36)44)27-50-13-15-51(16-14-50)31-3-5-34(40(20-31)57-32-19-29-8-12-46-41(29)48-26-32)42(53)49-58-33-4-6-38(39(21-33)52(54)55)47-25-28-9-17-56-18-10-28/h3-6,8,12,19-21,26,28,36-37,47H,7,9-11,13-18,22-25,27H2,1-2H3,(H,46,48)(H,49,53)/t36-,37?,44?/m0/s1. The van der Waals surface area contributed by atoms with Gasteiger partial charge in [-0.1, -0.05) is 25.0 Å². The average Bonchev–Trinajstić information content (AvgIpc) is 3.50. The first-order valence-electron chi connectivity index (χ1n) is 20.7. The topological polar surface area (TPSA) is 138 Å². The van der Waals surface area contributed by atoms with Gasteiger partial charge in [0.1, 0.15) is 22.8 Å². The molecule has 9 rings (SSSR count). The molecule has 3 aliphatic carbocycles. The Balaban J connectivity index is 0.886. The number of benzene rings is 2. The van der Waals surface area contributed by atoms with Gasteiger partial charge in [0.25, 0.3) is 11.6 Å². The highest BCUT2D eigenvalue weighted by Crippen LogP contribution is 2.71. The number of ether oxygens (including phenoxy) is 2. The molecule has 2 saturated carbocycles. The van der Waals surface area contributed by atoms with Crippen LogP contribution in [0.5, 0.6) is 11.5 Å². The Morgan fingerprint density at radius 3 is 2.69 bits per heavy atom. The molecule has 2 unspecified atom stereocenters. The molecule has 0 radical (unpaired) electrons. The minimum absolute atomic E-state index is 0.0358. The van der Waals surface area contributed by atoms with Crippen LogP contribution in [-0.2, 0) is 4.74 Å². The molecular formula is C44H52ClN7O5S. The van der Waals surface area contributed by atoms with Crippen molar-refractivity contribution in [3.05, 3.63) is 87.7 Å². The number of fused-ring (bicyclic) bond motifs is 2. The lowest BCUT2D eigenvalue weighted by Gasteiger charge is -2.43. The van der Waals surface area contributed by atoms with Gasteiger partial charge in [-0.3, -0.25) is 24.5 Å². The summed E-state index contributed by atoms with van der Waals surface area (Å²) < 4.78 is 14.8. The van der Waals surface area contributed by atoms with Crippen LogP contribution in [0.1, 0.15) is 69.2 Å². The van der Waals surface area contributed by atoms with Gasteiger partial charge in [0.2, 0.25) is 0 Å². The molecule has 2 aliphatic heterocycles. The highest BCUT2D eigenvalue weighted by Gasteiger charge is 2.67. The number of halogens is 1. The van der Waals surface area contributed by atoms with Crippen molar-refractivity contribution in [1.82, 2.24) is 19.6 Å². The van der Waals surface area contributed by atoms with Crippen molar-refractivity contribution in [3.63, 3.8) is 0 Å². The fraction of sp³-hybridized carbons (Fsp3) is 0.500. The van der Waals surface area contributed by atoms with E-state index in [1.165, 1.54) is 31.7 Å². The van der Waals surface area contributed by atoms with Gasteiger partial charge in [0.15, 0.2) is 0 Å². The number of amides is 1. The van der Waals surface area contributed by atoms with Crippen LogP contribution in [0.15, 0.2) is 77.0 Å². The van der Waals surface area contributed by atoms with E-state index in [4.69, 9.17) is 21.1 Å². The molecular weight excluding hydrogens is 774 g/mol. The zero-order valence-corrected chi connectivity index (χ0v) is 34.8. The fourth-order valence-electron chi connectivity index (χ4n) is 9.47. The number of nitrogens with one attached hydrogen (secondary N) is 3. The second-order valence-electron chi connectivity index (χ2n) is 17.7. The SMILES string of the molecule is CC1(C)CCC(CN2CCN(c3ccc(C(=O)NSc4ccc(NCC5CCOCC5)c([N+](=O)[O-])c4)c(Oc4cnc5[nH]ccc5c4)c3)CC2)=C([C@@H]2CC3(Cl)CC23)C1. The Morgan fingerprint density at radius 1 is 1.10 bits per heavy atom. The molecule has 14 heteroatoms. The second-order valence-corrected chi connectivity index (χ2v) is 19.3. The molecule has 0 bridgehead atoms. The number of alkyl halides is 1. The van der Waals surface area contributed by atoms with Crippen LogP contribution in [0.25, 0.3) is 11.0 Å². The summed E-state index contributed by atoms with van der Waals surface area (Å²) in [6, 6.07) is 14.5. The Bertz CT molecular complexity index is 2230. The van der Waals surface area contributed by atoms with E-state index in [1.807, 2.05) is 30.5 Å². The Hall–Kier alpha value is -4.30. The number of piperazine rings is 1. The molecule has 306 valence electrons. The molecule has 2 aromatic heterocycles. The minimum Gasteiger partial charge on any atom is -0.455 e. The normalized spacial score (nSPS) is 24.6. The summed E-state index contributed by atoms with van der Waals surface area (Å²) in [7, 11) is 0. The summed E-state index contributed by atoms with van der Waals surface area (Å²) in [6.07, 6.45) is 11.3. The molecule has 1 amide bonds. The van der Waals surface area contributed by atoms with E-state index in [9.17, 15) is 14.9 Å². The van der Waals surface area contributed by atoms with E-state index in [0.29, 0.717) is 70.6 Å². The number of anilines is 2. The van der Waals surface area contributed by atoms with Crippen molar-refractivity contribution >= 4 is 57.6 Å². The van der Waals surface area contributed by atoms with E-state index in [-0.39, 0.29) is 16.5 Å². The Morgan fingerprint density at radius 2 is 1.93 bits per heavy atom. The highest BCUT2D eigenvalue weighted by molar-refractivity contribution is 7.98. The van der Waals surface area contributed by atoms with Crippen LogP contribution in [0.3, 0.4) is 0 Å². The highest BCUT2D eigenvalue weighted by atomic mass is 35.5. The van der Waals surface area contributed by atoms with E-state index >= 15 is 0 Å². The monoisotopic (exact) mass is 825 g/mol. The fourth-order valence-corrected chi connectivity index (χ4v) is 10.6. The van der Waals surface area contributed by atoms with Gasteiger partial charge in [-0.25, -0.2) is 4.98 Å². The summed E-state index contributed by atoms with van der Waals surface area (Å²) >= 11 is 7.80. The first-order valence-corrected chi connectivity index (χ1v) is 21.9. The lowest BCUT2D eigenvalue weighted by Crippen LogP contribution is -2.47. The number of nitro benzene ring substituents is 1. The molecule has 58 heavy (non-hydrogen) atoms. The zero-order chi connectivity index (χ0) is 40.0. The smallest absolute Gasteiger partial charge is 0.293 e. The van der Waals surface area contributed by atoms with Gasteiger partial charge in [-0.05, 0) is 116 Å². The van der Waals surface area contributed by atoms with E-state index in [2.05, 4.69) is 43.7 Å². The number of aromatic amines is 1. The lowest BCUT2D eigenvalue weighted by atomic mass is 9.66. The van der Waals surface area contributed by atoms with Gasteiger partial charge < -0.3 is 24.7 Å². The molecule has 0 spiro atoms. The predicted molar refractivity (Wildman–Crippen MR) is 229 cm³/mol. The number of H-pyrrole nitrogens is 1. The molecule has 12 nitrogen and oxygen atoms in total. The van der Waals surface area contributed by atoms with Crippen molar-refractivity contribution in [2.45, 2.75) is 68.6 Å². The predicted octanol–water partition coefficient (Wildman–Crippen LogP) is 9.19. The zero-order valence-electron chi connectivity index (χ0n) is 33.2. The summed E-state index contributed by atoms with van der Waals surface area (Å²) in [4.78, 5) is 38.7. The number of allylic oxidation sites excluding steroid dienone is 1. The second kappa shape index (κ2) is 16.0. The van der Waals surface area contributed by atoms with Gasteiger partial charge in [-0.15, -0.1) is 11.6 Å². The first kappa shape index (κ1) is 39.2. The van der Waals surface area contributed by atoms with Crippen molar-refractivity contribution in [2.75, 3.05) is 62.7 Å². The third kappa shape index (κ3) is 8.41. The number of carbonyl (C=O) groups excluding carboxylic acids is 1. The quantitative estimate of drug-likeness (QED) is 0.0394. The van der Waals surface area contributed by atoms with Crippen LogP contribution >= 0.6 is 23.5 Å². The number of carbonyl (C=O) groups is 1. The number of nitrogens with zero attached hydrogens (tertiary/aromatic N) is 4. The maximum absolute atomic E-state index is 13.8. The number of aromatic nitrogens is 2. The summed E-state index contributed by atoms with van der Waals surface area (Å²) in [5, 5.41) is 16.2. The molecule has 3 N–H and O–H groups in total. The number of nitro groups is 1. The van der Waals surface area contributed by atoms with Gasteiger partial charge in [-0.2, -0.15) is 0 Å². The van der Waals surface area contributed by atoms with Crippen molar-refractivity contribution in [2.24, 2.45) is 23.2 Å². The van der Waals surface area contributed by atoms with Crippen LogP contribution < -0.4 is 19.7 Å². The number of pyridine rings is 1. The third-order valence-corrected chi connectivity index (χ3v) is 14.5. The molecule has 2 aromatic carbocycles. The molecule has 4 fully saturated rings. The first-order chi connectivity index (χ1) is 28.0. The average molecular weight is 826 g/mol. The van der Waals surface area contributed by atoms with Gasteiger partial charge in [0.05, 0.1) is 16.7 Å². The largest absolute Gasteiger partial charge is 0.455 e. The summed E-state index contributed by atoms with van der Waals surface area (Å²) in [6.45, 7) is 11.6. The van der Waals surface area contributed by atoms with Crippen LogP contribution in [0, 0.1) is 33.3 Å². The van der Waals surface area contributed by atoms with Crippen LogP contribution in [0.2, 0.25) is 0 Å². The maximum Gasteiger partial charge on any atom is 0.293 e.